The Kier molecular flexibility index (Phi) is 5.93. The lowest BCUT2D eigenvalue weighted by Gasteiger charge is -2.13. The molecular formula is C20H19ClN2O6. The quantitative estimate of drug-likeness (QED) is 0.699. The van der Waals surface area contributed by atoms with E-state index in [4.69, 9.17) is 25.8 Å². The van der Waals surface area contributed by atoms with Crippen molar-refractivity contribution in [3.8, 4) is 11.5 Å². The number of nitrogens with one attached hydrogen (secondary N) is 2. The highest BCUT2D eigenvalue weighted by Gasteiger charge is 2.36. The predicted molar refractivity (Wildman–Crippen MR) is 106 cm³/mol. The average Bonchev–Trinajstić information content (AvgIpc) is 3.02. The molecule has 0 radical (unpaired) electrons. The molecular weight excluding hydrogens is 400 g/mol. The average molecular weight is 419 g/mol. The number of fused-ring (bicyclic) bond motifs is 1. The highest BCUT2D eigenvalue weighted by Crippen LogP contribution is 2.43. The van der Waals surface area contributed by atoms with Gasteiger partial charge in [-0.1, -0.05) is 17.7 Å². The maximum Gasteiger partial charge on any atom is 0.343 e. The van der Waals surface area contributed by atoms with Crippen molar-refractivity contribution in [1.29, 1.82) is 0 Å². The van der Waals surface area contributed by atoms with Crippen molar-refractivity contribution >= 4 is 35.1 Å². The molecule has 9 heteroatoms. The van der Waals surface area contributed by atoms with Gasteiger partial charge in [0.2, 0.25) is 5.91 Å². The molecule has 0 fully saturated rings. The van der Waals surface area contributed by atoms with Gasteiger partial charge in [-0.2, -0.15) is 0 Å². The first kappa shape index (κ1) is 20.5. The van der Waals surface area contributed by atoms with E-state index in [2.05, 4.69) is 10.6 Å². The summed E-state index contributed by atoms with van der Waals surface area (Å²) in [6.45, 7) is 0. The van der Waals surface area contributed by atoms with E-state index in [0.29, 0.717) is 22.6 Å². The molecule has 2 amide bonds. The van der Waals surface area contributed by atoms with Crippen molar-refractivity contribution in [1.82, 2.24) is 5.32 Å². The molecule has 0 bridgehead atoms. The van der Waals surface area contributed by atoms with E-state index in [1.807, 2.05) is 0 Å². The van der Waals surface area contributed by atoms with Gasteiger partial charge in [0.15, 0.2) is 11.5 Å². The zero-order chi connectivity index (χ0) is 21.1. The van der Waals surface area contributed by atoms with E-state index in [-0.39, 0.29) is 34.6 Å². The van der Waals surface area contributed by atoms with Gasteiger partial charge in [0, 0.05) is 18.3 Å². The molecule has 1 aliphatic heterocycles. The molecule has 0 spiro atoms. The Balaban J connectivity index is 1.76. The Morgan fingerprint density at radius 2 is 1.93 bits per heavy atom. The molecule has 0 saturated heterocycles. The summed E-state index contributed by atoms with van der Waals surface area (Å²) in [5.41, 5.74) is 1.52. The number of cyclic esters (lactones) is 1. The Bertz CT molecular complexity index is 991. The van der Waals surface area contributed by atoms with Gasteiger partial charge >= 0.3 is 5.97 Å². The standard InChI is InChI=1S/C20H19ClN2O6/c1-22-19(25)11-5-4-10(8-13(11)21)23-16(24)9-15-12-6-7-14(27-2)18(28-3)17(12)20(26)29-15/h4-8,15H,9H2,1-3H3,(H,22,25)(H,23,24)/t15-/m1/s1. The second-order valence-corrected chi connectivity index (χ2v) is 6.59. The molecule has 152 valence electrons. The molecule has 1 atom stereocenters. The second kappa shape index (κ2) is 8.40. The number of carbonyl (C=O) groups is 3. The highest BCUT2D eigenvalue weighted by atomic mass is 35.5. The predicted octanol–water partition coefficient (Wildman–Crippen LogP) is 2.96. The molecule has 29 heavy (non-hydrogen) atoms. The fraction of sp³-hybridized carbons (Fsp3) is 0.250. The summed E-state index contributed by atoms with van der Waals surface area (Å²) in [6, 6.07) is 7.89. The summed E-state index contributed by atoms with van der Waals surface area (Å²) < 4.78 is 15.8. The zero-order valence-electron chi connectivity index (χ0n) is 16.0. The summed E-state index contributed by atoms with van der Waals surface area (Å²) in [7, 11) is 4.40. The first-order valence-electron chi connectivity index (χ1n) is 8.67. The third-order valence-corrected chi connectivity index (χ3v) is 4.79. The number of anilines is 1. The SMILES string of the molecule is CNC(=O)c1ccc(NC(=O)C[C@H]2OC(=O)c3c2ccc(OC)c3OC)cc1Cl. The minimum absolute atomic E-state index is 0.0942. The van der Waals surface area contributed by atoms with Crippen molar-refractivity contribution < 1.29 is 28.6 Å². The number of carbonyl (C=O) groups excluding carboxylic acids is 3. The maximum atomic E-state index is 12.5. The molecule has 0 aliphatic carbocycles. The third kappa shape index (κ3) is 3.97. The number of rotatable bonds is 6. The van der Waals surface area contributed by atoms with E-state index in [1.54, 1.807) is 18.2 Å². The number of methoxy groups -OCH3 is 2. The van der Waals surface area contributed by atoms with E-state index in [0.717, 1.165) is 0 Å². The van der Waals surface area contributed by atoms with Gasteiger partial charge in [-0.15, -0.1) is 0 Å². The van der Waals surface area contributed by atoms with Crippen LogP contribution in [0.1, 0.15) is 38.8 Å². The monoisotopic (exact) mass is 418 g/mol. The number of hydrogen-bond donors (Lipinski definition) is 2. The van der Waals surface area contributed by atoms with Crippen LogP contribution in [0.5, 0.6) is 11.5 Å². The summed E-state index contributed by atoms with van der Waals surface area (Å²) in [5, 5.41) is 5.38. The fourth-order valence-corrected chi connectivity index (χ4v) is 3.38. The Labute approximate surface area is 172 Å². The normalized spacial score (nSPS) is 14.6. The number of hydrogen-bond acceptors (Lipinski definition) is 6. The number of benzene rings is 2. The van der Waals surface area contributed by atoms with Crippen LogP contribution in [0.4, 0.5) is 5.69 Å². The first-order valence-corrected chi connectivity index (χ1v) is 9.04. The Hall–Kier alpha value is -3.26. The Morgan fingerprint density at radius 3 is 2.55 bits per heavy atom. The van der Waals surface area contributed by atoms with E-state index in [1.165, 1.54) is 33.4 Å². The first-order chi connectivity index (χ1) is 13.9. The third-order valence-electron chi connectivity index (χ3n) is 4.47. The van der Waals surface area contributed by atoms with Crippen molar-refractivity contribution in [3.05, 3.63) is 52.0 Å². The molecule has 2 aromatic carbocycles. The van der Waals surface area contributed by atoms with Gasteiger partial charge in [-0.3, -0.25) is 9.59 Å². The van der Waals surface area contributed by atoms with Crippen LogP contribution in [0.25, 0.3) is 0 Å². The van der Waals surface area contributed by atoms with Crippen LogP contribution in [0.2, 0.25) is 5.02 Å². The van der Waals surface area contributed by atoms with Crippen molar-refractivity contribution in [2.75, 3.05) is 26.6 Å². The molecule has 0 saturated carbocycles. The van der Waals surface area contributed by atoms with Crippen LogP contribution in [-0.2, 0) is 9.53 Å². The van der Waals surface area contributed by atoms with Crippen LogP contribution in [0, 0.1) is 0 Å². The van der Waals surface area contributed by atoms with Gasteiger partial charge in [-0.05, 0) is 24.3 Å². The molecule has 8 nitrogen and oxygen atoms in total. The molecule has 1 heterocycles. The van der Waals surface area contributed by atoms with Crippen LogP contribution < -0.4 is 20.1 Å². The number of ether oxygens (including phenoxy) is 3. The summed E-state index contributed by atoms with van der Waals surface area (Å²) >= 11 is 6.10. The van der Waals surface area contributed by atoms with Crippen molar-refractivity contribution in [2.45, 2.75) is 12.5 Å². The van der Waals surface area contributed by atoms with Gasteiger partial charge in [0.1, 0.15) is 11.7 Å². The zero-order valence-corrected chi connectivity index (χ0v) is 16.8. The highest BCUT2D eigenvalue weighted by molar-refractivity contribution is 6.34. The van der Waals surface area contributed by atoms with Crippen LogP contribution in [-0.4, -0.2) is 39.1 Å². The molecule has 1 aliphatic rings. The second-order valence-electron chi connectivity index (χ2n) is 6.19. The van der Waals surface area contributed by atoms with E-state index >= 15 is 0 Å². The summed E-state index contributed by atoms with van der Waals surface area (Å²) in [5.74, 6) is -0.610. The lowest BCUT2D eigenvalue weighted by atomic mass is 10.0. The fourth-order valence-electron chi connectivity index (χ4n) is 3.12. The summed E-state index contributed by atoms with van der Waals surface area (Å²) in [6.07, 6.45) is -0.846. The number of esters is 1. The Morgan fingerprint density at radius 1 is 1.17 bits per heavy atom. The van der Waals surface area contributed by atoms with E-state index < -0.39 is 12.1 Å². The van der Waals surface area contributed by atoms with Crippen molar-refractivity contribution in [3.63, 3.8) is 0 Å². The molecule has 2 aromatic rings. The minimum Gasteiger partial charge on any atom is -0.493 e. The molecule has 0 aromatic heterocycles. The van der Waals surface area contributed by atoms with Gasteiger partial charge in [0.05, 0.1) is 31.2 Å². The number of halogens is 1. The van der Waals surface area contributed by atoms with Gasteiger partial charge in [-0.25, -0.2) is 4.79 Å². The molecule has 2 N–H and O–H groups in total. The number of amides is 2. The lowest BCUT2D eigenvalue weighted by molar-refractivity contribution is -0.118. The van der Waals surface area contributed by atoms with Crippen LogP contribution >= 0.6 is 11.6 Å². The van der Waals surface area contributed by atoms with Gasteiger partial charge in [0.25, 0.3) is 5.91 Å². The van der Waals surface area contributed by atoms with Crippen LogP contribution in [0.3, 0.4) is 0 Å². The lowest BCUT2D eigenvalue weighted by Crippen LogP contribution is -2.19. The topological polar surface area (TPSA) is 103 Å². The maximum absolute atomic E-state index is 12.5. The minimum atomic E-state index is -0.752. The largest absolute Gasteiger partial charge is 0.493 e. The van der Waals surface area contributed by atoms with Gasteiger partial charge < -0.3 is 24.8 Å². The van der Waals surface area contributed by atoms with Crippen molar-refractivity contribution in [2.24, 2.45) is 0 Å². The summed E-state index contributed by atoms with van der Waals surface area (Å²) in [4.78, 5) is 36.5. The van der Waals surface area contributed by atoms with Crippen LogP contribution in [0.15, 0.2) is 30.3 Å². The molecule has 0 unspecified atom stereocenters. The smallest absolute Gasteiger partial charge is 0.343 e. The molecule has 3 rings (SSSR count). The van der Waals surface area contributed by atoms with E-state index in [9.17, 15) is 14.4 Å².